The topological polar surface area (TPSA) is 55.4 Å². The van der Waals surface area contributed by atoms with Crippen LogP contribution in [0, 0.1) is 5.92 Å². The van der Waals surface area contributed by atoms with E-state index in [-0.39, 0.29) is 18.4 Å². The summed E-state index contributed by atoms with van der Waals surface area (Å²) in [6, 6.07) is -0.498. The van der Waals surface area contributed by atoms with Crippen molar-refractivity contribution in [3.8, 4) is 0 Å². The van der Waals surface area contributed by atoms with Gasteiger partial charge in [0.25, 0.3) is 0 Å². The van der Waals surface area contributed by atoms with Gasteiger partial charge in [0.15, 0.2) is 0 Å². The maximum Gasteiger partial charge on any atom is 0.323 e. The smallest absolute Gasteiger partial charge is 0.323 e. The van der Waals surface area contributed by atoms with Crippen molar-refractivity contribution in [3.63, 3.8) is 0 Å². The maximum atomic E-state index is 11.9. The molecule has 5 heteroatoms. The molecule has 0 aliphatic carbocycles. The van der Waals surface area contributed by atoms with Gasteiger partial charge in [0.2, 0.25) is 5.24 Å². The van der Waals surface area contributed by atoms with E-state index in [0.29, 0.717) is 0 Å². The second kappa shape index (κ2) is 6.97. The zero-order valence-electron chi connectivity index (χ0n) is 11.2. The Morgan fingerprint density at radius 1 is 1.35 bits per heavy atom. The second-order valence-corrected chi connectivity index (χ2v) is 5.55. The number of hydrogen-bond acceptors (Lipinski definition) is 4. The fourth-order valence-electron chi connectivity index (χ4n) is 1.31. The zero-order valence-corrected chi connectivity index (χ0v) is 11.9. The van der Waals surface area contributed by atoms with Gasteiger partial charge >= 0.3 is 5.97 Å². The molecule has 0 bridgehead atoms. The molecule has 1 N–H and O–H groups in total. The standard InChI is InChI=1S/C12H22ClNO3/c1-6-8(2)10(14-7-9(13)15)11(16)17-12(3,4)5/h8,10,14H,6-7H2,1-5H3/t8-,10-/m0/s1. The number of halogens is 1. The molecule has 0 heterocycles. The minimum absolute atomic E-state index is 0.0319. The fraction of sp³-hybridized carbons (Fsp3) is 0.833. The molecule has 0 radical (unpaired) electrons. The molecule has 0 saturated carbocycles. The van der Waals surface area contributed by atoms with Crippen molar-refractivity contribution in [2.75, 3.05) is 6.54 Å². The highest BCUT2D eigenvalue weighted by atomic mass is 35.5. The predicted molar refractivity (Wildman–Crippen MR) is 68.0 cm³/mol. The van der Waals surface area contributed by atoms with Gasteiger partial charge in [-0.15, -0.1) is 0 Å². The molecule has 0 aromatic rings. The van der Waals surface area contributed by atoms with Gasteiger partial charge in [-0.1, -0.05) is 20.3 Å². The number of carbonyl (C=O) groups excluding carboxylic acids is 2. The number of carbonyl (C=O) groups is 2. The summed E-state index contributed by atoms with van der Waals surface area (Å²) in [7, 11) is 0. The highest BCUT2D eigenvalue weighted by Gasteiger charge is 2.28. The van der Waals surface area contributed by atoms with Crippen molar-refractivity contribution in [3.05, 3.63) is 0 Å². The Kier molecular flexibility index (Phi) is 6.72. The summed E-state index contributed by atoms with van der Waals surface area (Å²) in [6.45, 7) is 9.31. The summed E-state index contributed by atoms with van der Waals surface area (Å²) < 4.78 is 5.30. The molecule has 0 unspecified atom stereocenters. The Hall–Kier alpha value is -0.610. The summed E-state index contributed by atoms with van der Waals surface area (Å²) >= 11 is 5.25. The van der Waals surface area contributed by atoms with E-state index >= 15 is 0 Å². The van der Waals surface area contributed by atoms with Crippen LogP contribution in [0.15, 0.2) is 0 Å². The van der Waals surface area contributed by atoms with Crippen LogP contribution in [0.25, 0.3) is 0 Å². The van der Waals surface area contributed by atoms with Gasteiger partial charge in [0.1, 0.15) is 11.6 Å². The molecular formula is C12H22ClNO3. The average molecular weight is 264 g/mol. The molecule has 0 aromatic heterocycles. The van der Waals surface area contributed by atoms with Crippen LogP contribution < -0.4 is 5.32 Å². The fourth-order valence-corrected chi connectivity index (χ4v) is 1.39. The van der Waals surface area contributed by atoms with Crippen molar-refractivity contribution in [2.24, 2.45) is 5.92 Å². The molecule has 0 rings (SSSR count). The van der Waals surface area contributed by atoms with Crippen LogP contribution in [0.1, 0.15) is 41.0 Å². The molecule has 0 fully saturated rings. The highest BCUT2D eigenvalue weighted by molar-refractivity contribution is 6.64. The third-order valence-electron chi connectivity index (χ3n) is 2.33. The molecule has 0 spiro atoms. The normalized spacial score (nSPS) is 15.2. The molecule has 2 atom stereocenters. The minimum Gasteiger partial charge on any atom is -0.459 e. The van der Waals surface area contributed by atoms with Crippen LogP contribution in [-0.2, 0) is 14.3 Å². The Morgan fingerprint density at radius 3 is 2.24 bits per heavy atom. The van der Waals surface area contributed by atoms with Gasteiger partial charge in [-0.05, 0) is 38.3 Å². The Balaban J connectivity index is 4.56. The summed E-state index contributed by atoms with van der Waals surface area (Å²) in [4.78, 5) is 22.7. The van der Waals surface area contributed by atoms with Crippen molar-refractivity contribution in [1.82, 2.24) is 5.32 Å². The van der Waals surface area contributed by atoms with E-state index in [1.165, 1.54) is 0 Å². The summed E-state index contributed by atoms with van der Waals surface area (Å²) in [5.74, 6) is -0.259. The lowest BCUT2D eigenvalue weighted by Gasteiger charge is -2.27. The monoisotopic (exact) mass is 263 g/mol. The molecule has 100 valence electrons. The van der Waals surface area contributed by atoms with E-state index in [0.717, 1.165) is 6.42 Å². The molecule has 0 saturated heterocycles. The quantitative estimate of drug-likeness (QED) is 0.589. The van der Waals surface area contributed by atoms with Gasteiger partial charge < -0.3 is 4.74 Å². The van der Waals surface area contributed by atoms with Crippen LogP contribution >= 0.6 is 11.6 Å². The van der Waals surface area contributed by atoms with E-state index in [9.17, 15) is 9.59 Å². The van der Waals surface area contributed by atoms with Gasteiger partial charge in [-0.2, -0.15) is 0 Å². The lowest BCUT2D eigenvalue weighted by Crippen LogP contribution is -2.46. The Labute approximate surface area is 108 Å². The molecular weight excluding hydrogens is 242 g/mol. The zero-order chi connectivity index (χ0) is 13.6. The van der Waals surface area contributed by atoms with E-state index in [2.05, 4.69) is 5.32 Å². The second-order valence-electron chi connectivity index (χ2n) is 5.13. The van der Waals surface area contributed by atoms with E-state index in [1.807, 2.05) is 34.6 Å². The molecule has 0 aliphatic rings. The van der Waals surface area contributed by atoms with Crippen LogP contribution in [0.2, 0.25) is 0 Å². The number of hydrogen-bond donors (Lipinski definition) is 1. The van der Waals surface area contributed by atoms with Crippen LogP contribution in [0.4, 0.5) is 0 Å². The average Bonchev–Trinajstić information content (AvgIpc) is 2.14. The summed E-state index contributed by atoms with van der Waals surface area (Å²) in [5, 5.41) is 2.32. The number of nitrogens with one attached hydrogen (secondary N) is 1. The van der Waals surface area contributed by atoms with Crippen LogP contribution in [0.5, 0.6) is 0 Å². The SMILES string of the molecule is CC[C@H](C)[C@H](NCC(=O)Cl)C(=O)OC(C)(C)C. The number of rotatable bonds is 6. The molecule has 0 amide bonds. The first-order valence-corrected chi connectivity index (χ1v) is 6.19. The van der Waals surface area contributed by atoms with Gasteiger partial charge in [0, 0.05) is 0 Å². The summed E-state index contributed by atoms with van der Waals surface area (Å²) in [6.07, 6.45) is 0.813. The lowest BCUT2D eigenvalue weighted by atomic mass is 9.99. The van der Waals surface area contributed by atoms with Crippen molar-refractivity contribution in [1.29, 1.82) is 0 Å². The maximum absolute atomic E-state index is 11.9. The Morgan fingerprint density at radius 2 is 1.88 bits per heavy atom. The first-order valence-electron chi connectivity index (χ1n) is 5.82. The van der Waals surface area contributed by atoms with E-state index in [1.54, 1.807) is 0 Å². The number of esters is 1. The Bertz CT molecular complexity index is 273. The first kappa shape index (κ1) is 16.4. The lowest BCUT2D eigenvalue weighted by molar-refractivity contribution is -0.158. The highest BCUT2D eigenvalue weighted by Crippen LogP contribution is 2.14. The van der Waals surface area contributed by atoms with Crippen molar-refractivity contribution >= 4 is 22.8 Å². The molecule has 0 aliphatic heterocycles. The van der Waals surface area contributed by atoms with Gasteiger partial charge in [-0.25, -0.2) is 0 Å². The summed E-state index contributed by atoms with van der Waals surface area (Å²) in [5.41, 5.74) is -0.532. The van der Waals surface area contributed by atoms with Crippen molar-refractivity contribution in [2.45, 2.75) is 52.7 Å². The molecule has 17 heavy (non-hydrogen) atoms. The third kappa shape index (κ3) is 7.34. The van der Waals surface area contributed by atoms with Gasteiger partial charge in [0.05, 0.1) is 6.54 Å². The van der Waals surface area contributed by atoms with Crippen LogP contribution in [-0.4, -0.2) is 29.4 Å². The van der Waals surface area contributed by atoms with E-state index in [4.69, 9.17) is 16.3 Å². The van der Waals surface area contributed by atoms with Crippen molar-refractivity contribution < 1.29 is 14.3 Å². The number of ether oxygens (including phenoxy) is 1. The molecule has 0 aromatic carbocycles. The minimum atomic E-state index is -0.532. The largest absolute Gasteiger partial charge is 0.459 e. The predicted octanol–water partition coefficient (Wildman–Crippen LogP) is 2.10. The van der Waals surface area contributed by atoms with Crippen LogP contribution in [0.3, 0.4) is 0 Å². The first-order chi connectivity index (χ1) is 7.67. The molecule has 4 nitrogen and oxygen atoms in total. The third-order valence-corrected chi connectivity index (χ3v) is 2.47. The van der Waals surface area contributed by atoms with E-state index < -0.39 is 16.9 Å². The van der Waals surface area contributed by atoms with Gasteiger partial charge in [-0.3, -0.25) is 14.9 Å².